The third kappa shape index (κ3) is 3.96. The minimum Gasteiger partial charge on any atom is -0.208 e. The molecule has 0 unspecified atom stereocenters. The molecule has 0 radical (unpaired) electrons. The first kappa shape index (κ1) is 15.1. The fourth-order valence-corrected chi connectivity index (χ4v) is 3.59. The molecule has 4 aromatic carbocycles. The summed E-state index contributed by atoms with van der Waals surface area (Å²) in [6, 6.07) is 25.4. The zero-order valence-electron chi connectivity index (χ0n) is 20.3. The Hall–Kier alpha value is -3.82. The SMILES string of the molecule is [2H]c1c([2H])c([2H])c(-c2nc(Cl)nc(-c3ccccc3-c3ccccc3)n2)c(-c2ccccc2)c1[2H]. The second kappa shape index (κ2) is 8.50. The quantitative estimate of drug-likeness (QED) is 0.307. The van der Waals surface area contributed by atoms with Crippen LogP contribution in [0.1, 0.15) is 5.48 Å². The van der Waals surface area contributed by atoms with Gasteiger partial charge in [0, 0.05) is 11.1 Å². The first-order chi connectivity index (χ1) is 17.0. The summed E-state index contributed by atoms with van der Waals surface area (Å²) in [6.45, 7) is 0. The molecule has 5 aromatic rings. The van der Waals surface area contributed by atoms with Crippen molar-refractivity contribution in [1.82, 2.24) is 15.0 Å². The normalized spacial score (nSPS) is 12.5. The van der Waals surface area contributed by atoms with E-state index in [0.717, 1.165) is 16.7 Å². The summed E-state index contributed by atoms with van der Waals surface area (Å²) in [5.41, 5.74) is 3.71. The summed E-state index contributed by atoms with van der Waals surface area (Å²) in [4.78, 5) is 13.3. The largest absolute Gasteiger partial charge is 0.226 e. The number of hydrogen-bond acceptors (Lipinski definition) is 3. The van der Waals surface area contributed by atoms with Crippen molar-refractivity contribution in [1.29, 1.82) is 0 Å². The highest BCUT2D eigenvalue weighted by Gasteiger charge is 2.15. The van der Waals surface area contributed by atoms with Crippen LogP contribution >= 0.6 is 11.6 Å². The topological polar surface area (TPSA) is 38.7 Å². The van der Waals surface area contributed by atoms with E-state index in [0.29, 0.717) is 17.0 Å². The maximum absolute atomic E-state index is 8.65. The first-order valence-electron chi connectivity index (χ1n) is 11.7. The van der Waals surface area contributed by atoms with Gasteiger partial charge in [0.15, 0.2) is 11.6 Å². The Bertz CT molecular complexity index is 1540. The molecular weight excluding hydrogens is 402 g/mol. The van der Waals surface area contributed by atoms with Crippen molar-refractivity contribution in [3.63, 3.8) is 0 Å². The number of aromatic nitrogens is 3. The Kier molecular flexibility index (Phi) is 4.13. The van der Waals surface area contributed by atoms with Crippen LogP contribution in [0.5, 0.6) is 0 Å². The number of benzene rings is 4. The standard InChI is InChI=1S/C27H18ClN3/c28-27-30-25(23-17-9-7-15-21(23)19-11-3-1-4-12-19)29-26(31-27)24-18-10-8-16-22(24)20-13-5-2-6-14-20/h1-18H/i7D,9D,15D,17D. The number of hydrogen-bond donors (Lipinski definition) is 0. The third-order valence-corrected chi connectivity index (χ3v) is 5.00. The molecule has 0 bridgehead atoms. The molecule has 5 rings (SSSR count). The minimum absolute atomic E-state index is 0.0701. The minimum atomic E-state index is -0.368. The molecule has 0 amide bonds. The van der Waals surface area contributed by atoms with Crippen LogP contribution in [0.4, 0.5) is 0 Å². The fraction of sp³-hybridized carbons (Fsp3) is 0. The van der Waals surface area contributed by atoms with Gasteiger partial charge in [-0.2, -0.15) is 9.97 Å². The molecule has 1 aromatic heterocycles. The van der Waals surface area contributed by atoms with E-state index in [1.54, 1.807) is 12.1 Å². The van der Waals surface area contributed by atoms with E-state index in [1.807, 2.05) is 72.8 Å². The van der Waals surface area contributed by atoms with Crippen molar-refractivity contribution in [3.8, 4) is 45.0 Å². The van der Waals surface area contributed by atoms with Crippen molar-refractivity contribution in [3.05, 3.63) is 114 Å². The van der Waals surface area contributed by atoms with E-state index < -0.39 is 0 Å². The van der Waals surface area contributed by atoms with E-state index in [9.17, 15) is 0 Å². The number of rotatable bonds is 4. The predicted octanol–water partition coefficient (Wildman–Crippen LogP) is 7.19. The van der Waals surface area contributed by atoms with Crippen LogP contribution in [-0.4, -0.2) is 15.0 Å². The Labute approximate surface area is 191 Å². The molecule has 0 saturated heterocycles. The zero-order chi connectivity index (χ0) is 24.5. The second-order valence-electron chi connectivity index (χ2n) is 6.78. The molecule has 0 spiro atoms. The molecule has 4 heteroatoms. The van der Waals surface area contributed by atoms with Crippen molar-refractivity contribution >= 4 is 11.6 Å². The lowest BCUT2D eigenvalue weighted by atomic mass is 9.98. The van der Waals surface area contributed by atoms with E-state index in [-0.39, 0.29) is 40.8 Å². The zero-order valence-corrected chi connectivity index (χ0v) is 17.1. The molecule has 3 nitrogen and oxygen atoms in total. The van der Waals surface area contributed by atoms with Crippen LogP contribution in [0.15, 0.2) is 109 Å². The molecule has 1 heterocycles. The van der Waals surface area contributed by atoms with E-state index in [1.165, 1.54) is 0 Å². The van der Waals surface area contributed by atoms with Crippen molar-refractivity contribution in [2.75, 3.05) is 0 Å². The van der Waals surface area contributed by atoms with Gasteiger partial charge in [0.2, 0.25) is 5.28 Å². The predicted molar refractivity (Wildman–Crippen MR) is 127 cm³/mol. The van der Waals surface area contributed by atoms with Crippen LogP contribution in [0.2, 0.25) is 5.28 Å². The van der Waals surface area contributed by atoms with Crippen molar-refractivity contribution < 1.29 is 5.48 Å². The van der Waals surface area contributed by atoms with Gasteiger partial charge in [0.05, 0.1) is 5.48 Å². The summed E-state index contributed by atoms with van der Waals surface area (Å²) in [5, 5.41) is -0.0701. The average Bonchev–Trinajstić information content (AvgIpc) is 2.90. The lowest BCUT2D eigenvalue weighted by Crippen LogP contribution is -1.99. The summed E-state index contributed by atoms with van der Waals surface area (Å²) in [6.07, 6.45) is 0. The molecule has 0 atom stereocenters. The molecule has 0 fully saturated rings. The Morgan fingerprint density at radius 2 is 1.00 bits per heavy atom. The monoisotopic (exact) mass is 423 g/mol. The van der Waals surface area contributed by atoms with Gasteiger partial charge in [-0.15, -0.1) is 0 Å². The highest BCUT2D eigenvalue weighted by Crippen LogP contribution is 2.34. The summed E-state index contributed by atoms with van der Waals surface area (Å²) >= 11 is 6.36. The highest BCUT2D eigenvalue weighted by atomic mass is 35.5. The second-order valence-corrected chi connectivity index (χ2v) is 7.12. The summed E-state index contributed by atoms with van der Waals surface area (Å²) in [7, 11) is 0. The third-order valence-electron chi connectivity index (χ3n) is 4.83. The molecule has 0 aliphatic rings. The van der Waals surface area contributed by atoms with Crippen molar-refractivity contribution in [2.24, 2.45) is 0 Å². The Balaban J connectivity index is 1.78. The first-order valence-corrected chi connectivity index (χ1v) is 10.1. The lowest BCUT2D eigenvalue weighted by molar-refractivity contribution is 1.07. The molecule has 0 aliphatic carbocycles. The number of halogens is 1. The van der Waals surface area contributed by atoms with Gasteiger partial charge in [-0.3, -0.25) is 0 Å². The van der Waals surface area contributed by atoms with Gasteiger partial charge < -0.3 is 0 Å². The van der Waals surface area contributed by atoms with Crippen LogP contribution < -0.4 is 0 Å². The molecule has 0 aliphatic heterocycles. The van der Waals surface area contributed by atoms with Crippen LogP contribution in [0, 0.1) is 0 Å². The Morgan fingerprint density at radius 1 is 0.516 bits per heavy atom. The molecular formula is C27H18ClN3. The Morgan fingerprint density at radius 3 is 1.65 bits per heavy atom. The maximum Gasteiger partial charge on any atom is 0.226 e. The smallest absolute Gasteiger partial charge is 0.208 e. The van der Waals surface area contributed by atoms with Gasteiger partial charge in [-0.25, -0.2) is 4.98 Å². The molecule has 0 N–H and O–H groups in total. The van der Waals surface area contributed by atoms with Gasteiger partial charge in [-0.1, -0.05) is 109 Å². The van der Waals surface area contributed by atoms with Crippen LogP contribution in [-0.2, 0) is 0 Å². The maximum atomic E-state index is 8.65. The average molecular weight is 424 g/mol. The number of nitrogens with zero attached hydrogens (tertiary/aromatic N) is 3. The van der Waals surface area contributed by atoms with Gasteiger partial charge >= 0.3 is 0 Å². The van der Waals surface area contributed by atoms with E-state index >= 15 is 0 Å². The lowest BCUT2D eigenvalue weighted by Gasteiger charge is -2.12. The van der Waals surface area contributed by atoms with Crippen LogP contribution in [0.25, 0.3) is 45.0 Å². The van der Waals surface area contributed by atoms with Gasteiger partial charge in [0.25, 0.3) is 0 Å². The van der Waals surface area contributed by atoms with Gasteiger partial charge in [0.1, 0.15) is 0 Å². The molecule has 148 valence electrons. The summed E-state index contributed by atoms with van der Waals surface area (Å²) in [5.74, 6) is 0.389. The van der Waals surface area contributed by atoms with E-state index in [2.05, 4.69) is 15.0 Å². The highest BCUT2D eigenvalue weighted by molar-refractivity contribution is 6.28. The fourth-order valence-electron chi connectivity index (χ4n) is 3.43. The summed E-state index contributed by atoms with van der Waals surface area (Å²) < 4.78 is 33.7. The van der Waals surface area contributed by atoms with Crippen molar-refractivity contribution in [2.45, 2.75) is 0 Å². The molecule has 0 saturated carbocycles. The van der Waals surface area contributed by atoms with E-state index in [4.69, 9.17) is 17.1 Å². The molecule has 31 heavy (non-hydrogen) atoms. The van der Waals surface area contributed by atoms with Crippen LogP contribution in [0.3, 0.4) is 0 Å². The van der Waals surface area contributed by atoms with Gasteiger partial charge in [-0.05, 0) is 33.9 Å².